The summed E-state index contributed by atoms with van der Waals surface area (Å²) in [5.41, 5.74) is 0. The van der Waals surface area contributed by atoms with E-state index in [4.69, 9.17) is 4.52 Å². The van der Waals surface area contributed by atoms with E-state index in [9.17, 15) is 4.79 Å². The zero-order chi connectivity index (χ0) is 12.8. The Balaban J connectivity index is 1.62. The van der Waals surface area contributed by atoms with Crippen LogP contribution < -0.4 is 10.6 Å². The van der Waals surface area contributed by atoms with Crippen molar-refractivity contribution >= 4 is 11.7 Å². The Morgan fingerprint density at radius 2 is 2.22 bits per heavy atom. The van der Waals surface area contributed by atoms with Crippen molar-refractivity contribution in [3.63, 3.8) is 0 Å². The largest absolute Gasteiger partial charge is 0.360 e. The molecule has 1 fully saturated rings. The summed E-state index contributed by atoms with van der Waals surface area (Å²) in [5.74, 6) is 1.84. The average molecular weight is 251 g/mol. The molecule has 2 N–H and O–H groups in total. The molecule has 1 heterocycles. The van der Waals surface area contributed by atoms with E-state index in [0.717, 1.165) is 12.5 Å². The first-order valence-electron chi connectivity index (χ1n) is 6.68. The first-order chi connectivity index (χ1) is 8.74. The minimum atomic E-state index is -0.0703. The fourth-order valence-corrected chi connectivity index (χ4v) is 2.39. The first kappa shape index (κ1) is 13.1. The molecule has 5 nitrogen and oxygen atoms in total. The van der Waals surface area contributed by atoms with E-state index in [1.165, 1.54) is 32.1 Å². The molecule has 2 rings (SSSR count). The molecule has 0 unspecified atom stereocenters. The summed E-state index contributed by atoms with van der Waals surface area (Å²) in [4.78, 5) is 11.6. The van der Waals surface area contributed by atoms with Gasteiger partial charge in [-0.15, -0.1) is 0 Å². The van der Waals surface area contributed by atoms with Crippen LogP contribution in [0.2, 0.25) is 0 Å². The lowest BCUT2D eigenvalue weighted by Crippen LogP contribution is -2.32. The van der Waals surface area contributed by atoms with Crippen molar-refractivity contribution in [2.45, 2.75) is 39.0 Å². The molecule has 100 valence electrons. The predicted octanol–water partition coefficient (Wildman–Crippen LogP) is 2.09. The highest BCUT2D eigenvalue weighted by atomic mass is 16.5. The number of amides is 1. The predicted molar refractivity (Wildman–Crippen MR) is 69.3 cm³/mol. The number of nitrogens with one attached hydrogen (secondary N) is 2. The molecule has 18 heavy (non-hydrogen) atoms. The second-order valence-corrected chi connectivity index (χ2v) is 5.01. The Morgan fingerprint density at radius 1 is 1.44 bits per heavy atom. The third-order valence-corrected chi connectivity index (χ3v) is 3.34. The number of anilines is 1. The Bertz CT molecular complexity index is 383. The van der Waals surface area contributed by atoms with Crippen molar-refractivity contribution in [3.8, 4) is 0 Å². The quantitative estimate of drug-likeness (QED) is 0.841. The fourth-order valence-electron chi connectivity index (χ4n) is 2.39. The monoisotopic (exact) mass is 251 g/mol. The van der Waals surface area contributed by atoms with Crippen LogP contribution in [0.25, 0.3) is 0 Å². The lowest BCUT2D eigenvalue weighted by molar-refractivity contribution is -0.115. The van der Waals surface area contributed by atoms with Crippen LogP contribution in [-0.4, -0.2) is 24.2 Å². The first-order valence-corrected chi connectivity index (χ1v) is 6.68. The van der Waals surface area contributed by atoms with E-state index in [0.29, 0.717) is 18.1 Å². The van der Waals surface area contributed by atoms with Crippen LogP contribution in [-0.2, 0) is 4.79 Å². The van der Waals surface area contributed by atoms with Crippen LogP contribution in [0.1, 0.15) is 37.9 Å². The molecule has 1 aromatic heterocycles. The molecule has 0 radical (unpaired) electrons. The molecule has 1 saturated carbocycles. The maximum atomic E-state index is 11.6. The maximum Gasteiger partial charge on any atom is 0.239 e. The van der Waals surface area contributed by atoms with Crippen LogP contribution in [0.15, 0.2) is 10.6 Å². The van der Waals surface area contributed by atoms with Crippen LogP contribution in [0, 0.1) is 12.8 Å². The number of aromatic nitrogens is 1. The number of carbonyl (C=O) groups excluding carboxylic acids is 1. The Labute approximate surface area is 107 Å². The molecule has 0 aliphatic heterocycles. The fraction of sp³-hybridized carbons (Fsp3) is 0.692. The Morgan fingerprint density at radius 3 is 2.89 bits per heavy atom. The smallest absolute Gasteiger partial charge is 0.239 e. The highest BCUT2D eigenvalue weighted by Gasteiger charge is 2.13. The highest BCUT2D eigenvalue weighted by molar-refractivity contribution is 5.91. The SMILES string of the molecule is Cc1cc(NC(=O)CNCC2CCCCC2)no1. The number of nitrogens with zero attached hydrogens (tertiary/aromatic N) is 1. The number of rotatable bonds is 5. The van der Waals surface area contributed by atoms with Gasteiger partial charge in [0.25, 0.3) is 0 Å². The van der Waals surface area contributed by atoms with Gasteiger partial charge in [-0.3, -0.25) is 4.79 Å². The maximum absolute atomic E-state index is 11.6. The number of hydrogen-bond acceptors (Lipinski definition) is 4. The minimum Gasteiger partial charge on any atom is -0.360 e. The van der Waals surface area contributed by atoms with E-state index in [2.05, 4.69) is 15.8 Å². The van der Waals surface area contributed by atoms with Crippen LogP contribution in [0.5, 0.6) is 0 Å². The van der Waals surface area contributed by atoms with Crippen molar-refractivity contribution in [2.75, 3.05) is 18.4 Å². The molecule has 1 aliphatic carbocycles. The normalized spacial score (nSPS) is 16.7. The molecule has 0 spiro atoms. The summed E-state index contributed by atoms with van der Waals surface area (Å²) >= 11 is 0. The highest BCUT2D eigenvalue weighted by Crippen LogP contribution is 2.22. The van der Waals surface area contributed by atoms with E-state index >= 15 is 0 Å². The van der Waals surface area contributed by atoms with Crippen molar-refractivity contribution in [3.05, 3.63) is 11.8 Å². The van der Waals surface area contributed by atoms with E-state index in [1.807, 2.05) is 0 Å². The lowest BCUT2D eigenvalue weighted by atomic mass is 9.89. The van der Waals surface area contributed by atoms with Crippen LogP contribution >= 0.6 is 0 Å². The van der Waals surface area contributed by atoms with Gasteiger partial charge in [0, 0.05) is 6.07 Å². The lowest BCUT2D eigenvalue weighted by Gasteiger charge is -2.21. The van der Waals surface area contributed by atoms with Gasteiger partial charge < -0.3 is 15.2 Å². The molecular weight excluding hydrogens is 230 g/mol. The number of hydrogen-bond donors (Lipinski definition) is 2. The van der Waals surface area contributed by atoms with Crippen molar-refractivity contribution in [1.29, 1.82) is 0 Å². The third-order valence-electron chi connectivity index (χ3n) is 3.34. The molecule has 0 atom stereocenters. The van der Waals surface area contributed by atoms with Gasteiger partial charge in [-0.2, -0.15) is 0 Å². The molecular formula is C13H21N3O2. The number of aryl methyl sites for hydroxylation is 1. The molecule has 5 heteroatoms. The van der Waals surface area contributed by atoms with E-state index in [1.54, 1.807) is 13.0 Å². The van der Waals surface area contributed by atoms with Crippen molar-refractivity contribution < 1.29 is 9.32 Å². The van der Waals surface area contributed by atoms with Gasteiger partial charge in [0.15, 0.2) is 5.82 Å². The molecule has 1 aromatic rings. The summed E-state index contributed by atoms with van der Waals surface area (Å²) in [6.07, 6.45) is 6.60. The second-order valence-electron chi connectivity index (χ2n) is 5.01. The Hall–Kier alpha value is -1.36. The second kappa shape index (κ2) is 6.54. The van der Waals surface area contributed by atoms with Gasteiger partial charge in [0.2, 0.25) is 5.91 Å². The van der Waals surface area contributed by atoms with Gasteiger partial charge in [-0.25, -0.2) is 0 Å². The summed E-state index contributed by atoms with van der Waals surface area (Å²) in [5, 5.41) is 9.62. The summed E-state index contributed by atoms with van der Waals surface area (Å²) < 4.78 is 4.88. The van der Waals surface area contributed by atoms with E-state index < -0.39 is 0 Å². The zero-order valence-corrected chi connectivity index (χ0v) is 10.9. The van der Waals surface area contributed by atoms with Gasteiger partial charge in [-0.1, -0.05) is 24.4 Å². The molecule has 1 amide bonds. The third kappa shape index (κ3) is 4.14. The molecule has 0 saturated heterocycles. The van der Waals surface area contributed by atoms with Crippen molar-refractivity contribution in [1.82, 2.24) is 10.5 Å². The standard InChI is InChI=1S/C13H21N3O2/c1-10-7-12(16-18-10)15-13(17)9-14-8-11-5-3-2-4-6-11/h7,11,14H,2-6,8-9H2,1H3,(H,15,16,17). The summed E-state index contributed by atoms with van der Waals surface area (Å²) in [6, 6.07) is 1.71. The van der Waals surface area contributed by atoms with E-state index in [-0.39, 0.29) is 5.91 Å². The van der Waals surface area contributed by atoms with Gasteiger partial charge >= 0.3 is 0 Å². The average Bonchev–Trinajstić information content (AvgIpc) is 2.76. The van der Waals surface area contributed by atoms with Crippen LogP contribution in [0.4, 0.5) is 5.82 Å². The number of carbonyl (C=O) groups is 1. The minimum absolute atomic E-state index is 0.0703. The summed E-state index contributed by atoms with van der Waals surface area (Å²) in [7, 11) is 0. The molecule has 1 aliphatic rings. The Kier molecular flexibility index (Phi) is 4.75. The summed E-state index contributed by atoms with van der Waals surface area (Å²) in [6.45, 7) is 3.07. The van der Waals surface area contributed by atoms with Crippen LogP contribution in [0.3, 0.4) is 0 Å². The molecule has 0 aromatic carbocycles. The topological polar surface area (TPSA) is 67.2 Å². The van der Waals surface area contributed by atoms with Crippen molar-refractivity contribution in [2.24, 2.45) is 5.92 Å². The van der Waals surface area contributed by atoms with Gasteiger partial charge in [0.05, 0.1) is 6.54 Å². The zero-order valence-electron chi connectivity index (χ0n) is 10.9. The van der Waals surface area contributed by atoms with Gasteiger partial charge in [0.1, 0.15) is 5.76 Å². The molecule has 0 bridgehead atoms. The van der Waals surface area contributed by atoms with Gasteiger partial charge in [-0.05, 0) is 32.2 Å².